The van der Waals surface area contributed by atoms with Crippen molar-refractivity contribution in [3.8, 4) is 23.0 Å². The zero-order valence-corrected chi connectivity index (χ0v) is 17.1. The summed E-state index contributed by atoms with van der Waals surface area (Å²) in [5, 5.41) is 55.9. The molecule has 0 spiro atoms. The highest BCUT2D eigenvalue weighted by Gasteiger charge is 2.40. The van der Waals surface area contributed by atoms with Gasteiger partial charge in [0.1, 0.15) is 0 Å². The van der Waals surface area contributed by atoms with Crippen LogP contribution < -0.4 is 0 Å². The van der Waals surface area contributed by atoms with Crippen molar-refractivity contribution in [1.82, 2.24) is 0 Å². The summed E-state index contributed by atoms with van der Waals surface area (Å²) in [6.45, 7) is 0. The Balaban J connectivity index is 2.11. The van der Waals surface area contributed by atoms with Crippen LogP contribution >= 0.6 is 0 Å². The standard InChI is InChI=1S/C22H18O12/c23-13-5-1-11(9-15(13)25)3-7-17(27)33-19(21(29)30)20(22(31)32)34-18(28)8-4-12-2-6-14(24)16(26)10-12/h1-10,19-20,23-26H,(H,29,30)(H,31,32)/t19-,20-/m1/s1. The number of phenolic OH excluding ortho intramolecular Hbond substituents is 4. The highest BCUT2D eigenvalue weighted by Crippen LogP contribution is 2.26. The van der Waals surface area contributed by atoms with Gasteiger partial charge in [0.05, 0.1) is 0 Å². The van der Waals surface area contributed by atoms with Crippen molar-refractivity contribution in [2.24, 2.45) is 0 Å². The molecular weight excluding hydrogens is 456 g/mol. The monoisotopic (exact) mass is 474 g/mol. The predicted octanol–water partition coefficient (Wildman–Crippen LogP) is 1.23. The van der Waals surface area contributed by atoms with Crippen LogP contribution in [0.3, 0.4) is 0 Å². The third-order valence-corrected chi connectivity index (χ3v) is 4.07. The van der Waals surface area contributed by atoms with Crippen LogP contribution in [-0.4, -0.2) is 66.7 Å². The van der Waals surface area contributed by atoms with E-state index >= 15 is 0 Å². The lowest BCUT2D eigenvalue weighted by atomic mass is 10.2. The van der Waals surface area contributed by atoms with Crippen LogP contribution in [0.2, 0.25) is 0 Å². The van der Waals surface area contributed by atoms with Crippen LogP contribution in [0.15, 0.2) is 48.6 Å². The largest absolute Gasteiger partial charge is 0.504 e. The number of ether oxygens (including phenoxy) is 2. The van der Waals surface area contributed by atoms with Crippen LogP contribution in [0.25, 0.3) is 12.2 Å². The number of aromatic hydroxyl groups is 4. The highest BCUT2D eigenvalue weighted by molar-refractivity contribution is 5.93. The zero-order chi connectivity index (χ0) is 25.4. The Hall–Kier alpha value is -5.00. The Bertz CT molecular complexity index is 1070. The summed E-state index contributed by atoms with van der Waals surface area (Å²) in [4.78, 5) is 46.9. The van der Waals surface area contributed by atoms with Gasteiger partial charge in [-0.15, -0.1) is 0 Å². The van der Waals surface area contributed by atoms with Crippen LogP contribution in [0.1, 0.15) is 11.1 Å². The maximum atomic E-state index is 12.0. The molecule has 6 N–H and O–H groups in total. The lowest BCUT2D eigenvalue weighted by molar-refractivity contribution is -0.183. The van der Waals surface area contributed by atoms with Gasteiger partial charge in [0.25, 0.3) is 0 Å². The molecule has 0 fully saturated rings. The SMILES string of the molecule is O=C(C=Cc1ccc(O)c(O)c1)O[C@@H](C(=O)O)[C@@H](OC(=O)C=Cc1ccc(O)c(O)c1)C(=O)O. The van der Waals surface area contributed by atoms with Gasteiger partial charge in [0.2, 0.25) is 12.2 Å². The first-order chi connectivity index (χ1) is 16.0. The lowest BCUT2D eigenvalue weighted by Crippen LogP contribution is -2.45. The number of hydrogen-bond donors (Lipinski definition) is 6. The molecular formula is C22H18O12. The molecule has 2 rings (SSSR count). The predicted molar refractivity (Wildman–Crippen MR) is 113 cm³/mol. The number of rotatable bonds is 9. The summed E-state index contributed by atoms with van der Waals surface area (Å²) in [7, 11) is 0. The van der Waals surface area contributed by atoms with E-state index in [1.807, 2.05) is 0 Å². The number of esters is 2. The first kappa shape index (κ1) is 25.3. The molecule has 0 aliphatic heterocycles. The minimum absolute atomic E-state index is 0.228. The number of carboxylic acids is 2. The quantitative estimate of drug-likeness (QED) is 0.172. The number of carboxylic acid groups (broad SMARTS) is 2. The van der Waals surface area contributed by atoms with Crippen molar-refractivity contribution < 1.29 is 59.3 Å². The molecule has 0 aliphatic rings. The molecule has 2 atom stereocenters. The van der Waals surface area contributed by atoms with E-state index in [4.69, 9.17) is 0 Å². The Kier molecular flexibility index (Phi) is 8.20. The summed E-state index contributed by atoms with van der Waals surface area (Å²) in [6, 6.07) is 7.08. The Labute approximate surface area is 190 Å². The third kappa shape index (κ3) is 7.02. The van der Waals surface area contributed by atoms with E-state index in [0.717, 1.165) is 48.6 Å². The van der Waals surface area contributed by atoms with E-state index < -0.39 is 59.1 Å². The number of carbonyl (C=O) groups is 4. The van der Waals surface area contributed by atoms with Crippen molar-refractivity contribution in [2.45, 2.75) is 12.2 Å². The summed E-state index contributed by atoms with van der Waals surface area (Å²) in [6.07, 6.45) is -1.15. The zero-order valence-electron chi connectivity index (χ0n) is 17.1. The van der Waals surface area contributed by atoms with Gasteiger partial charge in [-0.1, -0.05) is 12.1 Å². The summed E-state index contributed by atoms with van der Waals surface area (Å²) in [5.41, 5.74) is 0.455. The van der Waals surface area contributed by atoms with Gasteiger partial charge in [-0.2, -0.15) is 0 Å². The van der Waals surface area contributed by atoms with E-state index in [1.165, 1.54) is 12.1 Å². The van der Waals surface area contributed by atoms with E-state index in [-0.39, 0.29) is 11.1 Å². The molecule has 0 unspecified atom stereocenters. The van der Waals surface area contributed by atoms with E-state index in [0.29, 0.717) is 0 Å². The minimum Gasteiger partial charge on any atom is -0.504 e. The first-order valence-electron chi connectivity index (χ1n) is 9.25. The summed E-state index contributed by atoms with van der Waals surface area (Å²) >= 11 is 0. The smallest absolute Gasteiger partial charge is 0.349 e. The molecule has 0 amide bonds. The van der Waals surface area contributed by atoms with Crippen molar-refractivity contribution >= 4 is 36.0 Å². The third-order valence-electron chi connectivity index (χ3n) is 4.07. The van der Waals surface area contributed by atoms with Gasteiger partial charge in [0, 0.05) is 12.2 Å². The van der Waals surface area contributed by atoms with Crippen LogP contribution in [0, 0.1) is 0 Å². The molecule has 0 radical (unpaired) electrons. The Morgan fingerprint density at radius 2 is 0.971 bits per heavy atom. The van der Waals surface area contributed by atoms with E-state index in [1.54, 1.807) is 0 Å². The van der Waals surface area contributed by atoms with Gasteiger partial charge in [-0.3, -0.25) is 0 Å². The molecule has 2 aromatic rings. The average Bonchev–Trinajstić information content (AvgIpc) is 2.77. The first-order valence-corrected chi connectivity index (χ1v) is 9.25. The molecule has 12 heteroatoms. The molecule has 0 heterocycles. The maximum absolute atomic E-state index is 12.0. The number of aliphatic carboxylic acids is 2. The highest BCUT2D eigenvalue weighted by atomic mass is 16.6. The lowest BCUT2D eigenvalue weighted by Gasteiger charge is -2.19. The van der Waals surface area contributed by atoms with Crippen molar-refractivity contribution in [1.29, 1.82) is 0 Å². The Morgan fingerprint density at radius 1 is 0.618 bits per heavy atom. The van der Waals surface area contributed by atoms with Crippen LogP contribution in [0.5, 0.6) is 23.0 Å². The molecule has 0 saturated carbocycles. The normalized spacial score (nSPS) is 12.8. The summed E-state index contributed by atoms with van der Waals surface area (Å²) in [5.74, 6) is -8.18. The van der Waals surface area contributed by atoms with Crippen molar-refractivity contribution in [3.63, 3.8) is 0 Å². The second-order valence-corrected chi connectivity index (χ2v) is 6.55. The van der Waals surface area contributed by atoms with Gasteiger partial charge in [0.15, 0.2) is 23.0 Å². The number of phenols is 4. The van der Waals surface area contributed by atoms with E-state index in [2.05, 4.69) is 9.47 Å². The second-order valence-electron chi connectivity index (χ2n) is 6.55. The van der Waals surface area contributed by atoms with E-state index in [9.17, 15) is 49.8 Å². The molecule has 178 valence electrons. The molecule has 0 aliphatic carbocycles. The number of carbonyl (C=O) groups excluding carboxylic acids is 2. The average molecular weight is 474 g/mol. The molecule has 34 heavy (non-hydrogen) atoms. The maximum Gasteiger partial charge on any atom is 0.349 e. The van der Waals surface area contributed by atoms with Crippen LogP contribution in [-0.2, 0) is 28.7 Å². The van der Waals surface area contributed by atoms with Crippen molar-refractivity contribution in [3.05, 3.63) is 59.7 Å². The van der Waals surface area contributed by atoms with Gasteiger partial charge in [-0.05, 0) is 47.5 Å². The number of benzene rings is 2. The second kappa shape index (κ2) is 11.0. The minimum atomic E-state index is -2.40. The van der Waals surface area contributed by atoms with Crippen LogP contribution in [0.4, 0.5) is 0 Å². The fourth-order valence-electron chi connectivity index (χ4n) is 2.43. The molecule has 2 aromatic carbocycles. The van der Waals surface area contributed by atoms with Crippen molar-refractivity contribution in [2.75, 3.05) is 0 Å². The van der Waals surface area contributed by atoms with Gasteiger partial charge >= 0.3 is 23.9 Å². The number of hydrogen-bond acceptors (Lipinski definition) is 10. The molecule has 12 nitrogen and oxygen atoms in total. The Morgan fingerprint density at radius 3 is 1.26 bits per heavy atom. The molecule has 0 aromatic heterocycles. The molecule has 0 saturated heterocycles. The fourth-order valence-corrected chi connectivity index (χ4v) is 2.43. The molecule has 0 bridgehead atoms. The fraction of sp³-hybridized carbons (Fsp3) is 0.0909. The van der Waals surface area contributed by atoms with Gasteiger partial charge < -0.3 is 40.1 Å². The topological polar surface area (TPSA) is 208 Å². The summed E-state index contributed by atoms with van der Waals surface area (Å²) < 4.78 is 9.25. The van der Waals surface area contributed by atoms with Gasteiger partial charge in [-0.25, -0.2) is 19.2 Å².